The predicted octanol–water partition coefficient (Wildman–Crippen LogP) is 1.65. The normalized spacial score (nSPS) is 34.8. The summed E-state index contributed by atoms with van der Waals surface area (Å²) in [7, 11) is 0. The van der Waals surface area contributed by atoms with E-state index >= 15 is 0 Å². The Morgan fingerprint density at radius 2 is 2.18 bits per heavy atom. The molecule has 0 bridgehead atoms. The van der Waals surface area contributed by atoms with Crippen molar-refractivity contribution in [1.82, 2.24) is 5.32 Å². The van der Waals surface area contributed by atoms with E-state index in [0.29, 0.717) is 12.0 Å². The number of rotatable bonds is 0. The molecule has 2 atom stereocenters. The molecule has 2 rings (SSSR count). The van der Waals surface area contributed by atoms with Crippen LogP contribution < -0.4 is 5.32 Å². The van der Waals surface area contributed by atoms with Gasteiger partial charge in [-0.3, -0.25) is 0 Å². The van der Waals surface area contributed by atoms with Crippen molar-refractivity contribution in [3.05, 3.63) is 36.0 Å². The summed E-state index contributed by atoms with van der Waals surface area (Å²) in [5, 5.41) is 3.46. The van der Waals surface area contributed by atoms with E-state index in [1.807, 2.05) is 0 Å². The lowest BCUT2D eigenvalue weighted by molar-refractivity contribution is 0.521. The molecule has 58 valence electrons. The van der Waals surface area contributed by atoms with Gasteiger partial charge in [-0.2, -0.15) is 0 Å². The molecule has 1 nitrogen and oxygen atoms in total. The molecule has 0 fully saturated rings. The van der Waals surface area contributed by atoms with Crippen molar-refractivity contribution in [2.45, 2.75) is 13.0 Å². The molecule has 0 amide bonds. The molecule has 0 aromatic rings. The summed E-state index contributed by atoms with van der Waals surface area (Å²) in [6.07, 6.45) is 11.1. The second-order valence-electron chi connectivity index (χ2n) is 3.27. The third-order valence-corrected chi connectivity index (χ3v) is 2.27. The van der Waals surface area contributed by atoms with Crippen molar-refractivity contribution in [3.63, 3.8) is 0 Å². The van der Waals surface area contributed by atoms with Gasteiger partial charge in [-0.1, -0.05) is 36.0 Å². The van der Waals surface area contributed by atoms with E-state index < -0.39 is 0 Å². The van der Waals surface area contributed by atoms with Crippen LogP contribution in [-0.4, -0.2) is 12.6 Å². The van der Waals surface area contributed by atoms with Crippen LogP contribution in [-0.2, 0) is 0 Å². The number of fused-ring (bicyclic) bond motifs is 1. The molecule has 0 radical (unpaired) electrons. The molecule has 1 aliphatic carbocycles. The molecule has 0 spiro atoms. The van der Waals surface area contributed by atoms with Crippen molar-refractivity contribution in [1.29, 1.82) is 0 Å². The van der Waals surface area contributed by atoms with Gasteiger partial charge in [-0.25, -0.2) is 0 Å². The molecular weight excluding hydrogens is 134 g/mol. The topological polar surface area (TPSA) is 12.0 Å². The Balaban J connectivity index is 2.22. The average Bonchev–Trinajstić information content (AvgIpc) is 2.04. The SMILES string of the molecule is CC1=CC2C=CC=CC2NC1. The van der Waals surface area contributed by atoms with E-state index in [-0.39, 0.29) is 0 Å². The summed E-state index contributed by atoms with van der Waals surface area (Å²) in [5.41, 5.74) is 1.45. The molecule has 1 heteroatoms. The van der Waals surface area contributed by atoms with Crippen molar-refractivity contribution in [3.8, 4) is 0 Å². The van der Waals surface area contributed by atoms with Crippen LogP contribution in [0.5, 0.6) is 0 Å². The quantitative estimate of drug-likeness (QED) is 0.514. The smallest absolute Gasteiger partial charge is 0.0354 e. The second-order valence-corrected chi connectivity index (χ2v) is 3.27. The fourth-order valence-corrected chi connectivity index (χ4v) is 1.65. The van der Waals surface area contributed by atoms with Gasteiger partial charge < -0.3 is 5.32 Å². The molecule has 0 aromatic carbocycles. The number of nitrogens with one attached hydrogen (secondary N) is 1. The van der Waals surface area contributed by atoms with Gasteiger partial charge in [-0.05, 0) is 6.92 Å². The first kappa shape index (κ1) is 6.86. The number of hydrogen-bond acceptors (Lipinski definition) is 1. The van der Waals surface area contributed by atoms with Crippen LogP contribution in [0.2, 0.25) is 0 Å². The summed E-state index contributed by atoms with van der Waals surface area (Å²) in [4.78, 5) is 0. The van der Waals surface area contributed by atoms with E-state index in [9.17, 15) is 0 Å². The zero-order chi connectivity index (χ0) is 7.68. The fraction of sp³-hybridized carbons (Fsp3) is 0.400. The maximum Gasteiger partial charge on any atom is 0.0354 e. The summed E-state index contributed by atoms with van der Waals surface area (Å²) < 4.78 is 0. The van der Waals surface area contributed by atoms with E-state index in [1.54, 1.807) is 0 Å². The van der Waals surface area contributed by atoms with Gasteiger partial charge in [0.05, 0.1) is 0 Å². The lowest BCUT2D eigenvalue weighted by Crippen LogP contribution is -2.38. The van der Waals surface area contributed by atoms with Crippen LogP contribution in [0.15, 0.2) is 36.0 Å². The molecule has 1 heterocycles. The molecule has 2 aliphatic rings. The van der Waals surface area contributed by atoms with Crippen molar-refractivity contribution < 1.29 is 0 Å². The first-order valence-corrected chi connectivity index (χ1v) is 4.12. The van der Waals surface area contributed by atoms with Crippen molar-refractivity contribution >= 4 is 0 Å². The van der Waals surface area contributed by atoms with E-state index in [1.165, 1.54) is 5.57 Å². The van der Waals surface area contributed by atoms with Crippen LogP contribution in [0, 0.1) is 5.92 Å². The van der Waals surface area contributed by atoms with Gasteiger partial charge in [0.15, 0.2) is 0 Å². The molecule has 11 heavy (non-hydrogen) atoms. The minimum Gasteiger partial charge on any atom is -0.306 e. The standard InChI is InChI=1S/C10H13N/c1-8-6-9-4-2-3-5-10(9)11-7-8/h2-6,9-11H,7H2,1H3. The van der Waals surface area contributed by atoms with Gasteiger partial charge in [0, 0.05) is 18.5 Å². The molecule has 1 aliphatic heterocycles. The summed E-state index contributed by atoms with van der Waals surface area (Å²) >= 11 is 0. The monoisotopic (exact) mass is 147 g/mol. The Morgan fingerprint density at radius 1 is 1.36 bits per heavy atom. The lowest BCUT2D eigenvalue weighted by atomic mass is 9.90. The van der Waals surface area contributed by atoms with Crippen LogP contribution >= 0.6 is 0 Å². The maximum absolute atomic E-state index is 3.46. The Labute approximate surface area is 67.5 Å². The third kappa shape index (κ3) is 1.29. The van der Waals surface area contributed by atoms with E-state index in [0.717, 1.165) is 6.54 Å². The molecule has 0 aromatic heterocycles. The Bertz CT molecular complexity index is 235. The third-order valence-electron chi connectivity index (χ3n) is 2.27. The molecule has 0 saturated heterocycles. The zero-order valence-corrected chi connectivity index (χ0v) is 6.75. The molecule has 2 unspecified atom stereocenters. The highest BCUT2D eigenvalue weighted by molar-refractivity contribution is 5.26. The van der Waals surface area contributed by atoms with Crippen LogP contribution in [0.3, 0.4) is 0 Å². The first-order valence-electron chi connectivity index (χ1n) is 4.12. The fourth-order valence-electron chi connectivity index (χ4n) is 1.65. The summed E-state index contributed by atoms with van der Waals surface area (Å²) in [6.45, 7) is 3.22. The van der Waals surface area contributed by atoms with E-state index in [4.69, 9.17) is 0 Å². The minimum atomic E-state index is 0.545. The van der Waals surface area contributed by atoms with Gasteiger partial charge >= 0.3 is 0 Å². The first-order chi connectivity index (χ1) is 5.36. The average molecular weight is 147 g/mol. The maximum atomic E-state index is 3.46. The Hall–Kier alpha value is -0.820. The Morgan fingerprint density at radius 3 is 3.09 bits per heavy atom. The number of hydrogen-bond donors (Lipinski definition) is 1. The predicted molar refractivity (Wildman–Crippen MR) is 47.3 cm³/mol. The van der Waals surface area contributed by atoms with Crippen LogP contribution in [0.1, 0.15) is 6.92 Å². The summed E-state index contributed by atoms with van der Waals surface area (Å²) in [5.74, 6) is 0.591. The minimum absolute atomic E-state index is 0.545. The Kier molecular flexibility index (Phi) is 1.66. The van der Waals surface area contributed by atoms with Gasteiger partial charge in [0.2, 0.25) is 0 Å². The van der Waals surface area contributed by atoms with Gasteiger partial charge in [0.1, 0.15) is 0 Å². The highest BCUT2D eigenvalue weighted by Gasteiger charge is 2.19. The lowest BCUT2D eigenvalue weighted by Gasteiger charge is -2.27. The highest BCUT2D eigenvalue weighted by atomic mass is 14.9. The second kappa shape index (κ2) is 2.67. The van der Waals surface area contributed by atoms with Crippen molar-refractivity contribution in [2.24, 2.45) is 5.92 Å². The van der Waals surface area contributed by atoms with E-state index in [2.05, 4.69) is 42.6 Å². The molecular formula is C10H13N. The van der Waals surface area contributed by atoms with Gasteiger partial charge in [0.25, 0.3) is 0 Å². The zero-order valence-electron chi connectivity index (χ0n) is 6.75. The number of allylic oxidation sites excluding steroid dienone is 2. The van der Waals surface area contributed by atoms with Gasteiger partial charge in [-0.15, -0.1) is 0 Å². The van der Waals surface area contributed by atoms with Crippen LogP contribution in [0.4, 0.5) is 0 Å². The summed E-state index contributed by atoms with van der Waals surface area (Å²) in [6, 6.07) is 0.545. The largest absolute Gasteiger partial charge is 0.306 e. The molecule has 1 N–H and O–H groups in total. The van der Waals surface area contributed by atoms with Crippen molar-refractivity contribution in [2.75, 3.05) is 6.54 Å². The highest BCUT2D eigenvalue weighted by Crippen LogP contribution is 2.19. The molecule has 0 saturated carbocycles. The van der Waals surface area contributed by atoms with Crippen LogP contribution in [0.25, 0.3) is 0 Å².